The smallest absolute Gasteiger partial charge is 0.230 e. The summed E-state index contributed by atoms with van der Waals surface area (Å²) in [6.45, 7) is 6.16. The van der Waals surface area contributed by atoms with Crippen LogP contribution in [0.15, 0.2) is 71.7 Å². The van der Waals surface area contributed by atoms with E-state index in [1.807, 2.05) is 85.2 Å². The van der Waals surface area contributed by atoms with Crippen LogP contribution >= 0.6 is 11.6 Å². The second-order valence-corrected chi connectivity index (χ2v) is 15.4. The van der Waals surface area contributed by atoms with Crippen LogP contribution < -0.4 is 15.4 Å². The van der Waals surface area contributed by atoms with Crippen molar-refractivity contribution in [1.29, 1.82) is 0 Å². The summed E-state index contributed by atoms with van der Waals surface area (Å²) in [5, 5.41) is 14.5. The number of H-pyrrole nitrogens is 1. The number of benzene rings is 3. The highest BCUT2D eigenvalue weighted by atomic mass is 35.5. The lowest BCUT2D eigenvalue weighted by atomic mass is 10.00. The molecule has 0 spiro atoms. The highest BCUT2D eigenvalue weighted by Gasteiger charge is 2.30. The fourth-order valence-electron chi connectivity index (χ4n) is 5.44. The number of amides is 1. The zero-order valence-electron chi connectivity index (χ0n) is 24.5. The number of carbonyl (C=O) groups excluding carboxylic acids is 1. The van der Waals surface area contributed by atoms with Gasteiger partial charge in [0.25, 0.3) is 0 Å². The predicted molar refractivity (Wildman–Crippen MR) is 171 cm³/mol. The van der Waals surface area contributed by atoms with E-state index in [4.69, 9.17) is 21.3 Å². The molecule has 11 heteroatoms. The lowest BCUT2D eigenvalue weighted by Gasteiger charge is -2.14. The zero-order chi connectivity index (χ0) is 30.3. The number of aromatic nitrogens is 4. The minimum absolute atomic E-state index is 0.108. The van der Waals surface area contributed by atoms with Crippen LogP contribution in [0.4, 0.5) is 0 Å². The van der Waals surface area contributed by atoms with Crippen LogP contribution in [0.25, 0.3) is 16.6 Å². The Labute approximate surface area is 255 Å². The van der Waals surface area contributed by atoms with E-state index in [9.17, 15) is 9.59 Å². The van der Waals surface area contributed by atoms with Crippen molar-refractivity contribution in [2.75, 3.05) is 13.7 Å². The molecule has 3 aromatic carbocycles. The Morgan fingerprint density at radius 2 is 1.88 bits per heavy atom. The lowest BCUT2D eigenvalue weighted by molar-refractivity contribution is -0.121. The maximum absolute atomic E-state index is 13.3. The number of aromatic amines is 1. The van der Waals surface area contributed by atoms with Gasteiger partial charge < -0.3 is 19.8 Å². The maximum Gasteiger partial charge on any atom is 0.230 e. The molecule has 3 heterocycles. The number of fused-ring (bicyclic) bond motifs is 4. The molecule has 1 aliphatic rings. The average molecular weight is 613 g/mol. The number of aliphatic imine (C=N–C) groups is 1. The van der Waals surface area contributed by atoms with E-state index in [1.165, 1.54) is 0 Å². The second kappa shape index (κ2) is 11.4. The van der Waals surface area contributed by atoms with Crippen molar-refractivity contribution in [3.63, 3.8) is 0 Å². The molecule has 0 fully saturated rings. The number of halogens is 1. The number of methoxy groups -OCH3 is 1. The SMILES string of the molecule is COc1ccc2c(c1)C(c1ccc(Cl)cc1)=N[C@@H](CC(=O)NCCc1ccc3[nH]c([Si](C)(C)O)cc3c1)c1nnc(C)n1-2. The Kier molecular flexibility index (Phi) is 7.68. The summed E-state index contributed by atoms with van der Waals surface area (Å²) in [4.78, 5) is 32.2. The van der Waals surface area contributed by atoms with Gasteiger partial charge in [-0.3, -0.25) is 14.4 Å². The first-order chi connectivity index (χ1) is 20.6. The van der Waals surface area contributed by atoms with Gasteiger partial charge in [-0.05, 0) is 85.9 Å². The van der Waals surface area contributed by atoms with Crippen molar-refractivity contribution in [2.45, 2.75) is 38.9 Å². The van der Waals surface area contributed by atoms with Gasteiger partial charge in [0.1, 0.15) is 17.6 Å². The summed E-state index contributed by atoms with van der Waals surface area (Å²) in [5.74, 6) is 1.88. The van der Waals surface area contributed by atoms with Crippen molar-refractivity contribution >= 4 is 47.8 Å². The number of hydrogen-bond donors (Lipinski definition) is 3. The standard InChI is InChI=1S/C32H33ClN6O3Si/c1-19-37-38-32-27(18-29(40)34-14-13-20-5-11-26-22(15-20)16-30(35-26)43(3,4)41)36-31(21-6-8-23(33)9-7-21)25-17-24(42-2)10-12-28(25)39(19)32/h5-12,15-17,27,35,41H,13-14,18H2,1-4H3,(H,34,40)/t27-/m0/s1. The summed E-state index contributed by atoms with van der Waals surface area (Å²) >= 11 is 6.20. The molecule has 9 nitrogen and oxygen atoms in total. The van der Waals surface area contributed by atoms with Crippen molar-refractivity contribution in [3.8, 4) is 11.4 Å². The fourth-order valence-corrected chi connectivity index (χ4v) is 6.51. The van der Waals surface area contributed by atoms with E-state index in [1.54, 1.807) is 7.11 Å². The number of ether oxygens (including phenoxy) is 1. The van der Waals surface area contributed by atoms with E-state index in [0.717, 1.165) is 44.3 Å². The first-order valence-corrected chi connectivity index (χ1v) is 17.5. The van der Waals surface area contributed by atoms with Gasteiger partial charge in [0.2, 0.25) is 14.2 Å². The molecular formula is C32H33ClN6O3Si. The molecule has 2 aromatic heterocycles. The molecule has 1 amide bonds. The van der Waals surface area contributed by atoms with E-state index >= 15 is 0 Å². The van der Waals surface area contributed by atoms with E-state index in [0.29, 0.717) is 35.4 Å². The van der Waals surface area contributed by atoms with Crippen LogP contribution in [0.3, 0.4) is 0 Å². The van der Waals surface area contributed by atoms with Crippen LogP contribution in [-0.2, 0) is 11.2 Å². The molecule has 6 rings (SSSR count). The van der Waals surface area contributed by atoms with Crippen molar-refractivity contribution in [3.05, 3.63) is 100 Å². The average Bonchev–Trinajstić information content (AvgIpc) is 3.56. The quantitative estimate of drug-likeness (QED) is 0.218. The number of hydrogen-bond acceptors (Lipinski definition) is 6. The van der Waals surface area contributed by atoms with Crippen LogP contribution in [-0.4, -0.2) is 58.1 Å². The largest absolute Gasteiger partial charge is 0.497 e. The van der Waals surface area contributed by atoms with Crippen LogP contribution in [0.2, 0.25) is 18.1 Å². The highest BCUT2D eigenvalue weighted by molar-refractivity contribution is 6.82. The number of carbonyl (C=O) groups is 1. The van der Waals surface area contributed by atoms with Crippen molar-refractivity contribution < 1.29 is 14.3 Å². The first-order valence-electron chi connectivity index (χ1n) is 14.2. The molecule has 0 saturated carbocycles. The summed E-state index contributed by atoms with van der Waals surface area (Å²) in [6, 6.07) is 21.0. The van der Waals surface area contributed by atoms with Gasteiger partial charge in [0.05, 0.1) is 24.9 Å². The van der Waals surface area contributed by atoms with E-state index in [2.05, 4.69) is 26.6 Å². The number of aryl methyl sites for hydroxylation is 1. The van der Waals surface area contributed by atoms with Crippen molar-refractivity contribution in [1.82, 2.24) is 25.1 Å². The first kappa shape index (κ1) is 28.8. The van der Waals surface area contributed by atoms with Crippen LogP contribution in [0.1, 0.15) is 40.8 Å². The Hall–Kier alpha value is -4.25. The molecule has 0 unspecified atom stereocenters. The topological polar surface area (TPSA) is 117 Å². The van der Waals surface area contributed by atoms with Gasteiger partial charge in [-0.15, -0.1) is 10.2 Å². The molecular weight excluding hydrogens is 580 g/mol. The second-order valence-electron chi connectivity index (χ2n) is 11.3. The zero-order valence-corrected chi connectivity index (χ0v) is 26.2. The van der Waals surface area contributed by atoms with Gasteiger partial charge >= 0.3 is 0 Å². The summed E-state index contributed by atoms with van der Waals surface area (Å²) < 4.78 is 7.51. The molecule has 3 N–H and O–H groups in total. The Bertz CT molecular complexity index is 1860. The van der Waals surface area contributed by atoms with Gasteiger partial charge in [-0.25, -0.2) is 0 Å². The monoisotopic (exact) mass is 612 g/mol. The third-order valence-electron chi connectivity index (χ3n) is 7.71. The summed E-state index contributed by atoms with van der Waals surface area (Å²) in [5.41, 5.74) is 5.42. The molecule has 1 aliphatic heterocycles. The van der Waals surface area contributed by atoms with Gasteiger partial charge in [-0.2, -0.15) is 0 Å². The highest BCUT2D eigenvalue weighted by Crippen LogP contribution is 2.34. The maximum atomic E-state index is 13.3. The Morgan fingerprint density at radius 3 is 2.63 bits per heavy atom. The normalized spacial score (nSPS) is 14.6. The minimum atomic E-state index is -2.42. The Morgan fingerprint density at radius 1 is 1.09 bits per heavy atom. The molecule has 0 saturated heterocycles. The predicted octanol–water partition coefficient (Wildman–Crippen LogP) is 4.76. The molecule has 0 radical (unpaired) electrons. The lowest BCUT2D eigenvalue weighted by Crippen LogP contribution is -2.42. The summed E-state index contributed by atoms with van der Waals surface area (Å²) in [7, 11) is -0.794. The fraction of sp³-hybridized carbons (Fsp3) is 0.250. The summed E-state index contributed by atoms with van der Waals surface area (Å²) in [6.07, 6.45) is 0.781. The minimum Gasteiger partial charge on any atom is -0.497 e. The van der Waals surface area contributed by atoms with Crippen LogP contribution in [0, 0.1) is 6.92 Å². The van der Waals surface area contributed by atoms with E-state index in [-0.39, 0.29) is 12.3 Å². The molecule has 220 valence electrons. The van der Waals surface area contributed by atoms with Gasteiger partial charge in [-0.1, -0.05) is 29.8 Å². The van der Waals surface area contributed by atoms with Gasteiger partial charge in [0, 0.05) is 33.5 Å². The molecule has 5 aromatic rings. The van der Waals surface area contributed by atoms with E-state index < -0.39 is 14.4 Å². The molecule has 43 heavy (non-hydrogen) atoms. The Balaban J connectivity index is 1.25. The molecule has 0 aliphatic carbocycles. The molecule has 1 atom stereocenters. The third-order valence-corrected chi connectivity index (χ3v) is 9.55. The van der Waals surface area contributed by atoms with Gasteiger partial charge in [0.15, 0.2) is 5.82 Å². The number of nitrogens with zero attached hydrogens (tertiary/aromatic N) is 4. The van der Waals surface area contributed by atoms with Crippen LogP contribution in [0.5, 0.6) is 5.75 Å². The number of nitrogens with one attached hydrogen (secondary N) is 2. The number of rotatable bonds is 8. The van der Waals surface area contributed by atoms with Crippen molar-refractivity contribution in [2.24, 2.45) is 4.99 Å². The molecule has 0 bridgehead atoms. The third kappa shape index (κ3) is 5.86.